The van der Waals surface area contributed by atoms with Gasteiger partial charge in [-0.3, -0.25) is 0 Å². The fourth-order valence-corrected chi connectivity index (χ4v) is 3.44. The van der Waals surface area contributed by atoms with Crippen molar-refractivity contribution in [3.8, 4) is 12.3 Å². The molecule has 0 aliphatic heterocycles. The van der Waals surface area contributed by atoms with Gasteiger partial charge in [0.25, 0.3) is 0 Å². The zero-order valence-corrected chi connectivity index (χ0v) is 12.8. The van der Waals surface area contributed by atoms with E-state index in [0.29, 0.717) is 19.4 Å². The van der Waals surface area contributed by atoms with Crippen LogP contribution in [0.1, 0.15) is 19.3 Å². The molecule has 6 heteroatoms. The number of benzene rings is 1. The molecule has 0 atom stereocenters. The lowest BCUT2D eigenvalue weighted by Gasteiger charge is -2.08. The number of hydrogen-bond donors (Lipinski definition) is 1. The van der Waals surface area contributed by atoms with Crippen LogP contribution in [-0.2, 0) is 10.0 Å². The van der Waals surface area contributed by atoms with Crippen molar-refractivity contribution in [3.63, 3.8) is 0 Å². The molecule has 0 amide bonds. The van der Waals surface area contributed by atoms with Crippen molar-refractivity contribution in [1.29, 1.82) is 0 Å². The summed E-state index contributed by atoms with van der Waals surface area (Å²) in [6.45, 7) is 0.358. The molecule has 0 saturated carbocycles. The Kier molecular flexibility index (Phi) is 6.16. The van der Waals surface area contributed by atoms with Crippen molar-refractivity contribution in [3.05, 3.63) is 27.7 Å². The summed E-state index contributed by atoms with van der Waals surface area (Å²) in [5, 5.41) is 0.195. The predicted molar refractivity (Wildman–Crippen MR) is 77.0 cm³/mol. The molecule has 0 spiro atoms. The molecular formula is C12H13BrClNO2S. The summed E-state index contributed by atoms with van der Waals surface area (Å²) in [7, 11) is -3.55. The molecule has 1 aromatic carbocycles. The van der Waals surface area contributed by atoms with E-state index in [1.807, 2.05) is 0 Å². The Morgan fingerprint density at radius 1 is 1.39 bits per heavy atom. The minimum atomic E-state index is -3.55. The lowest BCUT2D eigenvalue weighted by Crippen LogP contribution is -2.25. The molecule has 0 unspecified atom stereocenters. The van der Waals surface area contributed by atoms with E-state index in [0.717, 1.165) is 10.9 Å². The first-order chi connectivity index (χ1) is 8.47. The van der Waals surface area contributed by atoms with Gasteiger partial charge in [-0.2, -0.15) is 0 Å². The Morgan fingerprint density at radius 2 is 2.11 bits per heavy atom. The van der Waals surface area contributed by atoms with Gasteiger partial charge in [-0.05, 0) is 31.0 Å². The summed E-state index contributed by atoms with van der Waals surface area (Å²) in [5.41, 5.74) is 0. The second-order valence-electron chi connectivity index (χ2n) is 3.63. The molecule has 0 bridgehead atoms. The minimum absolute atomic E-state index is 0.0873. The summed E-state index contributed by atoms with van der Waals surface area (Å²) < 4.78 is 27.1. The fraction of sp³-hybridized carbons (Fsp3) is 0.333. The molecule has 18 heavy (non-hydrogen) atoms. The van der Waals surface area contributed by atoms with Crippen LogP contribution in [0.2, 0.25) is 5.02 Å². The van der Waals surface area contributed by atoms with Crippen LogP contribution in [0.25, 0.3) is 0 Å². The van der Waals surface area contributed by atoms with E-state index in [2.05, 4.69) is 26.6 Å². The topological polar surface area (TPSA) is 46.2 Å². The third-order valence-electron chi connectivity index (χ3n) is 2.22. The van der Waals surface area contributed by atoms with Crippen LogP contribution >= 0.6 is 27.5 Å². The van der Waals surface area contributed by atoms with E-state index >= 15 is 0 Å². The molecule has 0 heterocycles. The van der Waals surface area contributed by atoms with Gasteiger partial charge in [0, 0.05) is 17.4 Å². The van der Waals surface area contributed by atoms with Crippen LogP contribution in [0.15, 0.2) is 27.6 Å². The summed E-state index contributed by atoms with van der Waals surface area (Å²) in [4.78, 5) is 0.0873. The van der Waals surface area contributed by atoms with Crippen LogP contribution in [0.5, 0.6) is 0 Å². The lowest BCUT2D eigenvalue weighted by atomic mass is 10.2. The maximum absolute atomic E-state index is 11.9. The minimum Gasteiger partial charge on any atom is -0.211 e. The number of rotatable bonds is 6. The Hall–Kier alpha value is -0.540. The maximum Gasteiger partial charge on any atom is 0.242 e. The molecule has 0 aliphatic carbocycles. The van der Waals surface area contributed by atoms with E-state index in [9.17, 15) is 8.42 Å². The number of sulfonamides is 1. The van der Waals surface area contributed by atoms with Crippen LogP contribution in [0, 0.1) is 12.3 Å². The highest BCUT2D eigenvalue weighted by Crippen LogP contribution is 2.24. The second kappa shape index (κ2) is 7.15. The third-order valence-corrected chi connectivity index (χ3v) is 4.66. The molecule has 0 aromatic heterocycles. The van der Waals surface area contributed by atoms with E-state index in [-0.39, 0.29) is 9.92 Å². The number of hydrogen-bond acceptors (Lipinski definition) is 2. The van der Waals surface area contributed by atoms with E-state index in [1.54, 1.807) is 12.1 Å². The molecule has 0 saturated heterocycles. The molecular weight excluding hydrogens is 338 g/mol. The molecule has 1 aromatic rings. The third kappa shape index (κ3) is 4.62. The van der Waals surface area contributed by atoms with Gasteiger partial charge in [0.1, 0.15) is 4.90 Å². The molecule has 1 rings (SSSR count). The summed E-state index contributed by atoms with van der Waals surface area (Å²) in [5.74, 6) is 2.51. The Labute approximate surface area is 121 Å². The predicted octanol–water partition coefficient (Wildman–Crippen LogP) is 3.18. The Morgan fingerprint density at radius 3 is 2.72 bits per heavy atom. The zero-order chi connectivity index (χ0) is 13.6. The zero-order valence-electron chi connectivity index (χ0n) is 9.62. The van der Waals surface area contributed by atoms with Crippen LogP contribution in [0.4, 0.5) is 0 Å². The van der Waals surface area contributed by atoms with Gasteiger partial charge < -0.3 is 0 Å². The van der Waals surface area contributed by atoms with Gasteiger partial charge in [0.15, 0.2) is 0 Å². The van der Waals surface area contributed by atoms with Crippen molar-refractivity contribution in [1.82, 2.24) is 4.72 Å². The van der Waals surface area contributed by atoms with Crippen molar-refractivity contribution < 1.29 is 8.42 Å². The normalized spacial score (nSPS) is 11.2. The fourth-order valence-electron chi connectivity index (χ4n) is 1.33. The number of halogens is 2. The summed E-state index contributed by atoms with van der Waals surface area (Å²) in [6, 6.07) is 4.66. The SMILES string of the molecule is C#CCCCCNS(=O)(=O)c1ccc(Br)cc1Cl. The number of terminal acetylenes is 1. The second-order valence-corrected chi connectivity index (χ2v) is 6.69. The molecule has 98 valence electrons. The van der Waals surface area contributed by atoms with E-state index in [4.69, 9.17) is 18.0 Å². The molecule has 1 N–H and O–H groups in total. The average molecular weight is 351 g/mol. The quantitative estimate of drug-likeness (QED) is 0.632. The van der Waals surface area contributed by atoms with Gasteiger partial charge in [0.05, 0.1) is 5.02 Å². The van der Waals surface area contributed by atoms with Gasteiger partial charge in [-0.25, -0.2) is 13.1 Å². The van der Waals surface area contributed by atoms with Crippen LogP contribution in [-0.4, -0.2) is 15.0 Å². The number of nitrogens with one attached hydrogen (secondary N) is 1. The highest BCUT2D eigenvalue weighted by Gasteiger charge is 2.17. The van der Waals surface area contributed by atoms with Crippen LogP contribution < -0.4 is 4.72 Å². The first kappa shape index (κ1) is 15.5. The summed E-state index contributed by atoms with van der Waals surface area (Å²) >= 11 is 9.13. The van der Waals surface area contributed by atoms with Crippen molar-refractivity contribution >= 4 is 37.6 Å². The van der Waals surface area contributed by atoms with Gasteiger partial charge in [-0.1, -0.05) is 27.5 Å². The van der Waals surface area contributed by atoms with E-state index < -0.39 is 10.0 Å². The molecule has 0 radical (unpaired) electrons. The van der Waals surface area contributed by atoms with Gasteiger partial charge >= 0.3 is 0 Å². The number of unbranched alkanes of at least 4 members (excludes halogenated alkanes) is 2. The van der Waals surface area contributed by atoms with Crippen molar-refractivity contribution in [2.45, 2.75) is 24.2 Å². The highest BCUT2D eigenvalue weighted by atomic mass is 79.9. The van der Waals surface area contributed by atoms with Crippen molar-refractivity contribution in [2.75, 3.05) is 6.54 Å². The van der Waals surface area contributed by atoms with E-state index in [1.165, 1.54) is 6.07 Å². The largest absolute Gasteiger partial charge is 0.242 e. The monoisotopic (exact) mass is 349 g/mol. The lowest BCUT2D eigenvalue weighted by molar-refractivity contribution is 0.577. The first-order valence-corrected chi connectivity index (χ1v) is 8.01. The Bertz CT molecular complexity index is 552. The molecule has 0 aliphatic rings. The Balaban J connectivity index is 2.66. The molecule has 0 fully saturated rings. The highest BCUT2D eigenvalue weighted by molar-refractivity contribution is 9.10. The van der Waals surface area contributed by atoms with Crippen molar-refractivity contribution in [2.24, 2.45) is 0 Å². The summed E-state index contributed by atoms with van der Waals surface area (Å²) in [6.07, 6.45) is 7.27. The first-order valence-electron chi connectivity index (χ1n) is 5.35. The maximum atomic E-state index is 11.9. The average Bonchev–Trinajstić information content (AvgIpc) is 2.28. The molecule has 3 nitrogen and oxygen atoms in total. The van der Waals surface area contributed by atoms with Gasteiger partial charge in [0.2, 0.25) is 10.0 Å². The smallest absolute Gasteiger partial charge is 0.211 e. The standard InChI is InChI=1S/C12H13BrClNO2S/c1-2-3-4-5-8-15-18(16,17)12-7-6-10(13)9-11(12)14/h1,6-7,9,15H,3-5,8H2. The van der Waals surface area contributed by atoms with Crippen LogP contribution in [0.3, 0.4) is 0 Å². The van der Waals surface area contributed by atoms with Gasteiger partial charge in [-0.15, -0.1) is 12.3 Å².